The number of aromatic nitrogens is 2. The van der Waals surface area contributed by atoms with Crippen LogP contribution in [0.15, 0.2) is 12.5 Å². The lowest BCUT2D eigenvalue weighted by atomic mass is 10.1. The van der Waals surface area contributed by atoms with Gasteiger partial charge in [-0.05, 0) is 13.3 Å². The van der Waals surface area contributed by atoms with Gasteiger partial charge in [0.25, 0.3) is 0 Å². The Balaban J connectivity index is 2.92. The van der Waals surface area contributed by atoms with Gasteiger partial charge in [-0.2, -0.15) is 12.6 Å². The summed E-state index contributed by atoms with van der Waals surface area (Å²) in [5.41, 5.74) is 11.1. The molecule has 0 spiro atoms. The number of H-pyrrole nitrogens is 1. The van der Waals surface area contributed by atoms with Crippen LogP contribution in [0.3, 0.4) is 0 Å². The number of aliphatic carboxylic acids is 1. The van der Waals surface area contributed by atoms with Gasteiger partial charge in [0.2, 0.25) is 23.6 Å². The third-order valence-corrected chi connectivity index (χ3v) is 4.91. The van der Waals surface area contributed by atoms with Crippen LogP contribution in [0.1, 0.15) is 25.5 Å². The number of carboxylic acids is 1. The summed E-state index contributed by atoms with van der Waals surface area (Å²) in [6.45, 7) is 1.31. The first-order chi connectivity index (χ1) is 15.5. The molecule has 0 saturated heterocycles. The minimum atomic E-state index is -1.41. The van der Waals surface area contributed by atoms with Gasteiger partial charge in [0, 0.05) is 30.5 Å². The lowest BCUT2D eigenvalue weighted by Gasteiger charge is -2.24. The van der Waals surface area contributed by atoms with E-state index in [0.29, 0.717) is 5.69 Å². The molecule has 1 heterocycles. The largest absolute Gasteiger partial charge is 0.480 e. The Kier molecular flexibility index (Phi) is 11.3. The second-order valence-corrected chi connectivity index (χ2v) is 7.62. The van der Waals surface area contributed by atoms with E-state index in [1.165, 1.54) is 19.4 Å². The van der Waals surface area contributed by atoms with Gasteiger partial charge in [-0.15, -0.1) is 0 Å². The SMILES string of the molecule is CC(O)C(N)C(=O)NC(Cc1cnc[nH]1)C(=O)NC(CS)C(=O)NC(CCC(N)=O)C(=O)O. The van der Waals surface area contributed by atoms with Crippen LogP contribution in [0.4, 0.5) is 0 Å². The number of rotatable bonds is 14. The fourth-order valence-corrected chi connectivity index (χ4v) is 2.85. The van der Waals surface area contributed by atoms with E-state index in [9.17, 15) is 34.2 Å². The highest BCUT2D eigenvalue weighted by atomic mass is 32.1. The molecule has 10 N–H and O–H groups in total. The lowest BCUT2D eigenvalue weighted by molar-refractivity contribution is -0.142. The summed E-state index contributed by atoms with van der Waals surface area (Å²) in [6.07, 6.45) is 1.08. The summed E-state index contributed by atoms with van der Waals surface area (Å²) in [7, 11) is 0. The van der Waals surface area contributed by atoms with Crippen molar-refractivity contribution in [3.05, 3.63) is 18.2 Å². The number of carbonyl (C=O) groups is 5. The van der Waals surface area contributed by atoms with Crippen molar-refractivity contribution in [3.63, 3.8) is 0 Å². The topological polar surface area (TPSA) is 243 Å². The molecular formula is C18H29N7O7S. The maximum absolute atomic E-state index is 12.9. The van der Waals surface area contributed by atoms with Gasteiger partial charge in [-0.1, -0.05) is 0 Å². The fraction of sp³-hybridized carbons (Fsp3) is 0.556. The molecule has 1 rings (SSSR count). The van der Waals surface area contributed by atoms with Crippen molar-refractivity contribution in [1.29, 1.82) is 0 Å². The zero-order valence-corrected chi connectivity index (χ0v) is 18.7. The van der Waals surface area contributed by atoms with Gasteiger partial charge in [0.05, 0.1) is 12.4 Å². The van der Waals surface area contributed by atoms with Gasteiger partial charge >= 0.3 is 5.97 Å². The zero-order valence-electron chi connectivity index (χ0n) is 17.9. The number of aromatic amines is 1. The van der Waals surface area contributed by atoms with Crippen LogP contribution in [0.25, 0.3) is 0 Å². The quantitative estimate of drug-likeness (QED) is 0.117. The molecule has 1 aromatic rings. The van der Waals surface area contributed by atoms with E-state index < -0.39 is 59.9 Å². The molecule has 0 bridgehead atoms. The Hall–Kier alpha value is -3.17. The molecule has 15 heteroatoms. The molecule has 0 aliphatic heterocycles. The second-order valence-electron chi connectivity index (χ2n) is 7.26. The van der Waals surface area contributed by atoms with Crippen molar-refractivity contribution in [2.24, 2.45) is 11.5 Å². The molecule has 4 amide bonds. The Bertz CT molecular complexity index is 834. The molecule has 0 aromatic carbocycles. The van der Waals surface area contributed by atoms with Crippen LogP contribution < -0.4 is 27.4 Å². The number of nitrogens with two attached hydrogens (primary N) is 2. The van der Waals surface area contributed by atoms with Gasteiger partial charge in [-0.3, -0.25) is 19.2 Å². The van der Waals surface area contributed by atoms with Crippen LogP contribution in [-0.4, -0.2) is 85.8 Å². The summed E-state index contributed by atoms with van der Waals surface area (Å²) >= 11 is 4.02. The Morgan fingerprint density at radius 2 is 1.67 bits per heavy atom. The van der Waals surface area contributed by atoms with Crippen molar-refractivity contribution >= 4 is 42.2 Å². The summed E-state index contributed by atoms with van der Waals surface area (Å²) in [6, 6.07) is -5.17. The minimum Gasteiger partial charge on any atom is -0.480 e. The highest BCUT2D eigenvalue weighted by Crippen LogP contribution is 2.03. The second kappa shape index (κ2) is 13.4. The van der Waals surface area contributed by atoms with Crippen LogP contribution in [0, 0.1) is 0 Å². The number of hydrogen-bond acceptors (Lipinski definition) is 9. The zero-order chi connectivity index (χ0) is 25.1. The Labute approximate surface area is 194 Å². The maximum atomic E-state index is 12.9. The van der Waals surface area contributed by atoms with E-state index in [1.807, 2.05) is 0 Å². The molecule has 33 heavy (non-hydrogen) atoms. The van der Waals surface area contributed by atoms with Crippen LogP contribution in [0.2, 0.25) is 0 Å². The molecule has 14 nitrogen and oxygen atoms in total. The molecule has 0 saturated carbocycles. The van der Waals surface area contributed by atoms with E-state index >= 15 is 0 Å². The molecule has 0 fully saturated rings. The number of imidazole rings is 1. The Morgan fingerprint density at radius 1 is 1.09 bits per heavy atom. The number of thiol groups is 1. The standard InChI is InChI=1S/C18H29N7O7S/c1-8(26)14(20)17(30)24-11(4-9-5-21-7-22-9)15(28)25-12(6-33)16(29)23-10(18(31)32)2-3-13(19)27/h5,7-8,10-12,14,26,33H,2-4,6,20H2,1H3,(H2,19,27)(H,21,22)(H,23,29)(H,24,30)(H,25,28)(H,31,32). The molecule has 0 radical (unpaired) electrons. The van der Waals surface area contributed by atoms with Crippen LogP contribution in [-0.2, 0) is 30.4 Å². The first kappa shape index (κ1) is 27.9. The first-order valence-electron chi connectivity index (χ1n) is 9.90. The van der Waals surface area contributed by atoms with E-state index in [1.54, 1.807) is 0 Å². The van der Waals surface area contributed by atoms with Gasteiger partial charge in [0.1, 0.15) is 24.2 Å². The van der Waals surface area contributed by atoms with Crippen molar-refractivity contribution in [1.82, 2.24) is 25.9 Å². The van der Waals surface area contributed by atoms with Crippen molar-refractivity contribution in [2.45, 2.75) is 56.5 Å². The predicted octanol–water partition coefficient (Wildman–Crippen LogP) is -3.61. The number of nitrogens with zero attached hydrogens (tertiary/aromatic N) is 1. The summed E-state index contributed by atoms with van der Waals surface area (Å²) < 4.78 is 0. The molecule has 0 aliphatic carbocycles. The summed E-state index contributed by atoms with van der Waals surface area (Å²) in [4.78, 5) is 66.5. The summed E-state index contributed by atoms with van der Waals surface area (Å²) in [5, 5.41) is 25.8. The van der Waals surface area contributed by atoms with Gasteiger partial charge in [-0.25, -0.2) is 9.78 Å². The predicted molar refractivity (Wildman–Crippen MR) is 118 cm³/mol. The van der Waals surface area contributed by atoms with E-state index in [2.05, 4.69) is 38.5 Å². The third-order valence-electron chi connectivity index (χ3n) is 4.54. The first-order valence-corrected chi connectivity index (χ1v) is 10.5. The van der Waals surface area contributed by atoms with E-state index in [-0.39, 0.29) is 25.0 Å². The minimum absolute atomic E-state index is 0.0403. The van der Waals surface area contributed by atoms with Gasteiger partial charge < -0.3 is 42.6 Å². The molecule has 5 unspecified atom stereocenters. The Morgan fingerprint density at radius 3 is 2.15 bits per heavy atom. The van der Waals surface area contributed by atoms with Gasteiger partial charge in [0.15, 0.2) is 0 Å². The number of nitrogens with one attached hydrogen (secondary N) is 4. The number of carboxylic acid groups (broad SMARTS) is 1. The molecular weight excluding hydrogens is 458 g/mol. The highest BCUT2D eigenvalue weighted by molar-refractivity contribution is 7.80. The summed E-state index contributed by atoms with van der Waals surface area (Å²) in [5.74, 6) is -4.75. The number of amides is 4. The lowest BCUT2D eigenvalue weighted by Crippen LogP contribution is -2.59. The van der Waals surface area contributed by atoms with E-state index in [0.717, 1.165) is 0 Å². The molecule has 184 valence electrons. The number of primary amides is 1. The smallest absolute Gasteiger partial charge is 0.326 e. The number of aliphatic hydroxyl groups is 1. The monoisotopic (exact) mass is 487 g/mol. The average molecular weight is 488 g/mol. The maximum Gasteiger partial charge on any atom is 0.326 e. The molecule has 1 aromatic heterocycles. The molecule has 0 aliphatic rings. The third kappa shape index (κ3) is 9.46. The normalized spacial score (nSPS) is 15.4. The van der Waals surface area contributed by atoms with Crippen molar-refractivity contribution < 1.29 is 34.2 Å². The highest BCUT2D eigenvalue weighted by Gasteiger charge is 2.31. The van der Waals surface area contributed by atoms with Crippen molar-refractivity contribution in [2.75, 3.05) is 5.75 Å². The number of carbonyl (C=O) groups excluding carboxylic acids is 4. The van der Waals surface area contributed by atoms with E-state index in [4.69, 9.17) is 11.5 Å². The van der Waals surface area contributed by atoms with Crippen LogP contribution >= 0.6 is 12.6 Å². The van der Waals surface area contributed by atoms with Crippen molar-refractivity contribution in [3.8, 4) is 0 Å². The molecule has 5 atom stereocenters. The van der Waals surface area contributed by atoms with Crippen LogP contribution in [0.5, 0.6) is 0 Å². The number of aliphatic hydroxyl groups excluding tert-OH is 1. The number of hydrogen-bond donors (Lipinski definition) is 9. The fourth-order valence-electron chi connectivity index (χ4n) is 2.60. The average Bonchev–Trinajstić information content (AvgIpc) is 3.26.